The normalized spacial score (nSPS) is 11.0. The zero-order valence-electron chi connectivity index (χ0n) is 9.37. The Labute approximate surface area is 99.2 Å². The monoisotopic (exact) mass is 243 g/mol. The van der Waals surface area contributed by atoms with Crippen LogP contribution in [0.1, 0.15) is 20.8 Å². The highest BCUT2D eigenvalue weighted by Gasteiger charge is 2.16. The number of carbonyl (C=O) groups excluding carboxylic acids is 1. The molecule has 0 saturated heterocycles. The number of ether oxygens (including phenoxy) is 1. The first-order valence-electron chi connectivity index (χ1n) is 4.76. The first-order valence-corrected chi connectivity index (χ1v) is 5.14. The van der Waals surface area contributed by atoms with Crippen molar-refractivity contribution in [2.75, 3.05) is 5.32 Å². The summed E-state index contributed by atoms with van der Waals surface area (Å²) < 4.78 is 5.05. The van der Waals surface area contributed by atoms with Gasteiger partial charge >= 0.3 is 6.09 Å². The number of phenols is 1. The van der Waals surface area contributed by atoms with Gasteiger partial charge in [0.05, 0.1) is 5.02 Å². The molecule has 5 heteroatoms. The van der Waals surface area contributed by atoms with Crippen LogP contribution in [-0.4, -0.2) is 16.8 Å². The van der Waals surface area contributed by atoms with Crippen LogP contribution in [0.5, 0.6) is 5.75 Å². The molecule has 0 atom stereocenters. The lowest BCUT2D eigenvalue weighted by Crippen LogP contribution is -2.27. The van der Waals surface area contributed by atoms with Gasteiger partial charge in [-0.25, -0.2) is 4.79 Å². The number of phenolic OH excluding ortho intramolecular Hbond substituents is 1. The highest BCUT2D eigenvalue weighted by Crippen LogP contribution is 2.26. The Kier molecular flexibility index (Phi) is 3.65. The fourth-order valence-electron chi connectivity index (χ4n) is 1.01. The maximum absolute atomic E-state index is 11.4. The second-order valence-corrected chi connectivity index (χ2v) is 4.70. The lowest BCUT2D eigenvalue weighted by molar-refractivity contribution is 0.0636. The minimum Gasteiger partial charge on any atom is -0.506 e. The number of hydrogen-bond donors (Lipinski definition) is 2. The summed E-state index contributed by atoms with van der Waals surface area (Å²) in [7, 11) is 0. The van der Waals surface area contributed by atoms with Crippen LogP contribution in [0.3, 0.4) is 0 Å². The van der Waals surface area contributed by atoms with E-state index in [2.05, 4.69) is 5.32 Å². The number of aromatic hydroxyl groups is 1. The molecule has 0 unspecified atom stereocenters. The highest BCUT2D eigenvalue weighted by atomic mass is 35.5. The van der Waals surface area contributed by atoms with Crippen LogP contribution < -0.4 is 5.32 Å². The van der Waals surface area contributed by atoms with E-state index < -0.39 is 11.7 Å². The molecular formula is C11H14ClNO3. The van der Waals surface area contributed by atoms with Gasteiger partial charge in [0.1, 0.15) is 11.4 Å². The van der Waals surface area contributed by atoms with E-state index in [-0.39, 0.29) is 10.8 Å². The van der Waals surface area contributed by atoms with E-state index in [1.165, 1.54) is 12.1 Å². The molecule has 4 nitrogen and oxygen atoms in total. The van der Waals surface area contributed by atoms with Gasteiger partial charge in [-0.1, -0.05) is 11.6 Å². The Balaban J connectivity index is 2.67. The molecule has 0 aromatic heterocycles. The van der Waals surface area contributed by atoms with Crippen LogP contribution in [-0.2, 0) is 4.74 Å². The summed E-state index contributed by atoms with van der Waals surface area (Å²) in [6.07, 6.45) is -0.575. The van der Waals surface area contributed by atoms with E-state index in [0.29, 0.717) is 5.69 Å². The lowest BCUT2D eigenvalue weighted by Gasteiger charge is -2.19. The largest absolute Gasteiger partial charge is 0.506 e. The molecule has 0 fully saturated rings. The molecule has 16 heavy (non-hydrogen) atoms. The zero-order chi connectivity index (χ0) is 12.3. The van der Waals surface area contributed by atoms with E-state index in [1.807, 2.05) is 0 Å². The van der Waals surface area contributed by atoms with E-state index >= 15 is 0 Å². The van der Waals surface area contributed by atoms with Crippen LogP contribution >= 0.6 is 11.6 Å². The number of nitrogens with one attached hydrogen (secondary N) is 1. The van der Waals surface area contributed by atoms with Gasteiger partial charge in [-0.2, -0.15) is 0 Å². The molecule has 0 aliphatic rings. The molecule has 1 aromatic carbocycles. The standard InChI is InChI=1S/C11H14ClNO3/c1-11(2,3)16-10(15)13-7-4-5-8(12)9(14)6-7/h4-6,14H,1-3H3,(H,13,15). The van der Waals surface area contributed by atoms with Crippen LogP contribution in [0.4, 0.5) is 10.5 Å². The average Bonchev–Trinajstić information content (AvgIpc) is 2.08. The number of halogens is 1. The predicted molar refractivity (Wildman–Crippen MR) is 63.0 cm³/mol. The van der Waals surface area contributed by atoms with Gasteiger partial charge in [0.2, 0.25) is 0 Å². The number of rotatable bonds is 1. The van der Waals surface area contributed by atoms with Gasteiger partial charge in [0, 0.05) is 11.8 Å². The van der Waals surface area contributed by atoms with Gasteiger partial charge in [0.25, 0.3) is 0 Å². The fourth-order valence-corrected chi connectivity index (χ4v) is 1.13. The van der Waals surface area contributed by atoms with E-state index in [9.17, 15) is 9.90 Å². The number of hydrogen-bond acceptors (Lipinski definition) is 3. The third-order valence-corrected chi connectivity index (χ3v) is 1.91. The Bertz CT molecular complexity index is 399. The number of anilines is 1. The van der Waals surface area contributed by atoms with Gasteiger partial charge in [-0.05, 0) is 32.9 Å². The maximum Gasteiger partial charge on any atom is 0.412 e. The van der Waals surface area contributed by atoms with Crippen molar-refractivity contribution >= 4 is 23.4 Å². The van der Waals surface area contributed by atoms with E-state index in [4.69, 9.17) is 16.3 Å². The first-order chi connectivity index (χ1) is 7.28. The van der Waals surface area contributed by atoms with Crippen molar-refractivity contribution in [3.63, 3.8) is 0 Å². The van der Waals surface area contributed by atoms with Gasteiger partial charge in [-0.15, -0.1) is 0 Å². The molecule has 0 aliphatic carbocycles. The topological polar surface area (TPSA) is 58.6 Å². The molecule has 1 aromatic rings. The van der Waals surface area contributed by atoms with Crippen molar-refractivity contribution in [1.82, 2.24) is 0 Å². The molecule has 0 spiro atoms. The SMILES string of the molecule is CC(C)(C)OC(=O)Nc1ccc(Cl)c(O)c1. The van der Waals surface area contributed by atoms with Crippen molar-refractivity contribution in [3.05, 3.63) is 23.2 Å². The summed E-state index contributed by atoms with van der Waals surface area (Å²) in [5, 5.41) is 12.0. The van der Waals surface area contributed by atoms with E-state index in [1.54, 1.807) is 26.8 Å². The summed E-state index contributed by atoms with van der Waals surface area (Å²) in [6, 6.07) is 4.42. The van der Waals surface area contributed by atoms with Gasteiger partial charge in [0.15, 0.2) is 0 Å². The summed E-state index contributed by atoms with van der Waals surface area (Å²) in [6.45, 7) is 5.31. The Morgan fingerprint density at radius 2 is 2.06 bits per heavy atom. The fraction of sp³-hybridized carbons (Fsp3) is 0.364. The van der Waals surface area contributed by atoms with Crippen LogP contribution in [0.2, 0.25) is 5.02 Å². The molecule has 1 amide bonds. The second-order valence-electron chi connectivity index (χ2n) is 4.29. The number of amides is 1. The van der Waals surface area contributed by atoms with Crippen molar-refractivity contribution in [2.45, 2.75) is 26.4 Å². The first kappa shape index (κ1) is 12.6. The molecule has 88 valence electrons. The van der Waals surface area contributed by atoms with Gasteiger partial charge < -0.3 is 9.84 Å². The molecule has 0 radical (unpaired) electrons. The number of carbonyl (C=O) groups is 1. The summed E-state index contributed by atoms with van der Waals surface area (Å²) in [4.78, 5) is 11.4. The minimum atomic E-state index is -0.575. The van der Waals surface area contributed by atoms with Crippen molar-refractivity contribution in [1.29, 1.82) is 0 Å². The zero-order valence-corrected chi connectivity index (χ0v) is 10.1. The summed E-state index contributed by atoms with van der Waals surface area (Å²) in [5.74, 6) is -0.0878. The van der Waals surface area contributed by atoms with Crippen molar-refractivity contribution in [2.24, 2.45) is 0 Å². The third-order valence-electron chi connectivity index (χ3n) is 1.59. The highest BCUT2D eigenvalue weighted by molar-refractivity contribution is 6.32. The molecule has 0 saturated carbocycles. The Hall–Kier alpha value is -1.42. The maximum atomic E-state index is 11.4. The summed E-state index contributed by atoms with van der Waals surface area (Å²) in [5.41, 5.74) is -0.130. The Morgan fingerprint density at radius 1 is 1.44 bits per heavy atom. The van der Waals surface area contributed by atoms with Crippen LogP contribution in [0, 0.1) is 0 Å². The van der Waals surface area contributed by atoms with Crippen molar-refractivity contribution in [3.8, 4) is 5.75 Å². The smallest absolute Gasteiger partial charge is 0.412 e. The Morgan fingerprint density at radius 3 is 2.56 bits per heavy atom. The van der Waals surface area contributed by atoms with Crippen LogP contribution in [0.25, 0.3) is 0 Å². The van der Waals surface area contributed by atoms with E-state index in [0.717, 1.165) is 0 Å². The second kappa shape index (κ2) is 4.61. The van der Waals surface area contributed by atoms with Crippen LogP contribution in [0.15, 0.2) is 18.2 Å². The third kappa shape index (κ3) is 3.98. The molecule has 1 rings (SSSR count). The lowest BCUT2D eigenvalue weighted by atomic mass is 10.2. The van der Waals surface area contributed by atoms with Crippen molar-refractivity contribution < 1.29 is 14.6 Å². The average molecular weight is 244 g/mol. The molecular weight excluding hydrogens is 230 g/mol. The molecule has 0 aliphatic heterocycles. The molecule has 0 bridgehead atoms. The number of benzene rings is 1. The predicted octanol–water partition coefficient (Wildman–Crippen LogP) is 3.39. The minimum absolute atomic E-state index is 0.0878. The quantitative estimate of drug-likeness (QED) is 0.795. The summed E-state index contributed by atoms with van der Waals surface area (Å²) >= 11 is 5.63. The van der Waals surface area contributed by atoms with Gasteiger partial charge in [-0.3, -0.25) is 5.32 Å². The molecule has 2 N–H and O–H groups in total. The molecule has 0 heterocycles.